The van der Waals surface area contributed by atoms with Crippen molar-refractivity contribution >= 4 is 23.4 Å². The van der Waals surface area contributed by atoms with E-state index in [2.05, 4.69) is 5.32 Å². The third-order valence-electron chi connectivity index (χ3n) is 4.04. The number of methoxy groups -OCH3 is 3. The number of nitro groups is 1. The first-order valence-corrected chi connectivity index (χ1v) is 8.32. The second-order valence-corrected chi connectivity index (χ2v) is 5.84. The van der Waals surface area contributed by atoms with Crippen molar-refractivity contribution in [3.05, 3.63) is 57.1 Å². The van der Waals surface area contributed by atoms with Crippen molar-refractivity contribution in [2.75, 3.05) is 26.6 Å². The molecule has 0 unspecified atom stereocenters. The highest BCUT2D eigenvalue weighted by molar-refractivity contribution is 6.10. The van der Waals surface area contributed by atoms with E-state index in [-0.39, 0.29) is 16.9 Å². The van der Waals surface area contributed by atoms with Crippen molar-refractivity contribution in [1.29, 1.82) is 5.26 Å². The summed E-state index contributed by atoms with van der Waals surface area (Å²) in [6.07, 6.45) is 1.35. The first-order valence-electron chi connectivity index (χ1n) is 8.32. The van der Waals surface area contributed by atoms with Crippen LogP contribution in [-0.4, -0.2) is 32.2 Å². The first kappa shape index (κ1) is 21.2. The van der Waals surface area contributed by atoms with Gasteiger partial charge in [0.15, 0.2) is 11.5 Å². The minimum Gasteiger partial charge on any atom is -0.493 e. The number of nitrogens with one attached hydrogen (secondary N) is 1. The number of nitriles is 1. The van der Waals surface area contributed by atoms with E-state index in [4.69, 9.17) is 14.2 Å². The Morgan fingerprint density at radius 1 is 1.14 bits per heavy atom. The number of hydrogen-bond donors (Lipinski definition) is 1. The van der Waals surface area contributed by atoms with Crippen molar-refractivity contribution in [3.8, 4) is 23.3 Å². The van der Waals surface area contributed by atoms with Gasteiger partial charge in [-0.05, 0) is 36.3 Å². The molecule has 0 aromatic heterocycles. The van der Waals surface area contributed by atoms with Crippen LogP contribution in [0.4, 0.5) is 11.4 Å². The van der Waals surface area contributed by atoms with Crippen LogP contribution < -0.4 is 19.5 Å². The van der Waals surface area contributed by atoms with Gasteiger partial charge in [0.1, 0.15) is 11.6 Å². The van der Waals surface area contributed by atoms with E-state index < -0.39 is 10.8 Å². The SMILES string of the molecule is COc1cc(C=C(C#N)C(=O)Nc2cc([N+](=O)[O-])ccc2C)cc(OC)c1OC. The number of anilines is 1. The number of rotatable bonds is 7. The standard InChI is InChI=1S/C20H19N3O6/c1-12-5-6-15(23(25)26)10-16(12)22-20(24)14(11-21)7-13-8-17(27-2)19(29-4)18(9-13)28-3/h5-10H,1-4H3,(H,22,24). The molecule has 0 atom stereocenters. The monoisotopic (exact) mass is 397 g/mol. The number of carbonyl (C=O) groups is 1. The van der Waals surface area contributed by atoms with Gasteiger partial charge in [-0.2, -0.15) is 5.26 Å². The second kappa shape index (κ2) is 9.23. The fourth-order valence-corrected chi connectivity index (χ4v) is 2.55. The van der Waals surface area contributed by atoms with Crippen molar-refractivity contribution in [2.24, 2.45) is 0 Å². The molecule has 1 N–H and O–H groups in total. The van der Waals surface area contributed by atoms with E-state index in [1.807, 2.05) is 6.07 Å². The van der Waals surface area contributed by atoms with E-state index >= 15 is 0 Å². The van der Waals surface area contributed by atoms with Crippen LogP contribution in [0.3, 0.4) is 0 Å². The zero-order chi connectivity index (χ0) is 21.6. The van der Waals surface area contributed by atoms with Crippen molar-refractivity contribution < 1.29 is 23.9 Å². The molecule has 0 heterocycles. The summed E-state index contributed by atoms with van der Waals surface area (Å²) in [6, 6.07) is 9.10. The van der Waals surface area contributed by atoms with Crippen molar-refractivity contribution in [1.82, 2.24) is 0 Å². The zero-order valence-electron chi connectivity index (χ0n) is 16.3. The molecule has 150 valence electrons. The lowest BCUT2D eigenvalue weighted by atomic mass is 10.1. The Labute approximate surface area is 167 Å². The molecule has 2 aromatic carbocycles. The highest BCUT2D eigenvalue weighted by atomic mass is 16.6. The summed E-state index contributed by atoms with van der Waals surface area (Å²) in [5.41, 5.74) is 0.967. The molecule has 0 fully saturated rings. The quantitative estimate of drug-likeness (QED) is 0.328. The van der Waals surface area contributed by atoms with Gasteiger partial charge < -0.3 is 19.5 Å². The highest BCUT2D eigenvalue weighted by Gasteiger charge is 2.16. The Morgan fingerprint density at radius 3 is 2.24 bits per heavy atom. The summed E-state index contributed by atoms with van der Waals surface area (Å²) < 4.78 is 15.8. The lowest BCUT2D eigenvalue weighted by Crippen LogP contribution is -2.14. The van der Waals surface area contributed by atoms with E-state index in [1.54, 1.807) is 19.1 Å². The highest BCUT2D eigenvalue weighted by Crippen LogP contribution is 2.38. The number of benzene rings is 2. The largest absolute Gasteiger partial charge is 0.493 e. The van der Waals surface area contributed by atoms with Gasteiger partial charge in [-0.1, -0.05) is 6.07 Å². The Bertz CT molecular complexity index is 998. The number of hydrogen-bond acceptors (Lipinski definition) is 7. The summed E-state index contributed by atoms with van der Waals surface area (Å²) in [5, 5.41) is 22.9. The molecule has 0 aliphatic carbocycles. The molecule has 2 aromatic rings. The van der Waals surface area contributed by atoms with Crippen LogP contribution in [0.25, 0.3) is 6.08 Å². The Hall–Kier alpha value is -4.06. The van der Waals surface area contributed by atoms with Gasteiger partial charge in [0.25, 0.3) is 11.6 Å². The molecule has 0 saturated heterocycles. The number of aryl methyl sites for hydroxylation is 1. The minimum atomic E-state index is -0.704. The molecule has 0 radical (unpaired) electrons. The van der Waals surface area contributed by atoms with Gasteiger partial charge in [0.2, 0.25) is 5.75 Å². The minimum absolute atomic E-state index is 0.169. The molecule has 9 heteroatoms. The first-order chi connectivity index (χ1) is 13.8. The summed E-state index contributed by atoms with van der Waals surface area (Å²) >= 11 is 0. The number of carbonyl (C=O) groups excluding carboxylic acids is 1. The number of nitro benzene ring substituents is 1. The smallest absolute Gasteiger partial charge is 0.271 e. The number of amides is 1. The molecule has 2 rings (SSSR count). The number of ether oxygens (including phenoxy) is 3. The number of non-ortho nitro benzene ring substituents is 1. The van der Waals surface area contributed by atoms with E-state index in [0.717, 1.165) is 0 Å². The van der Waals surface area contributed by atoms with Crippen LogP contribution >= 0.6 is 0 Å². The summed E-state index contributed by atoms with van der Waals surface area (Å²) in [4.78, 5) is 22.9. The molecule has 29 heavy (non-hydrogen) atoms. The summed E-state index contributed by atoms with van der Waals surface area (Å²) in [7, 11) is 4.37. The second-order valence-electron chi connectivity index (χ2n) is 5.84. The maximum atomic E-state index is 12.6. The number of nitrogens with zero attached hydrogens (tertiary/aromatic N) is 2. The Balaban J connectivity index is 2.40. The molecule has 0 aliphatic rings. The van der Waals surface area contributed by atoms with Crippen molar-refractivity contribution in [3.63, 3.8) is 0 Å². The fourth-order valence-electron chi connectivity index (χ4n) is 2.55. The van der Waals surface area contributed by atoms with Crippen LogP contribution in [0.2, 0.25) is 0 Å². The molecular weight excluding hydrogens is 378 g/mol. The third-order valence-corrected chi connectivity index (χ3v) is 4.04. The maximum Gasteiger partial charge on any atom is 0.271 e. The van der Waals surface area contributed by atoms with Crippen LogP contribution in [0.1, 0.15) is 11.1 Å². The normalized spacial score (nSPS) is 10.7. The van der Waals surface area contributed by atoms with Crippen LogP contribution in [0.5, 0.6) is 17.2 Å². The fraction of sp³-hybridized carbons (Fsp3) is 0.200. The Morgan fingerprint density at radius 2 is 1.76 bits per heavy atom. The topological polar surface area (TPSA) is 124 Å². The van der Waals surface area contributed by atoms with Gasteiger partial charge in [0.05, 0.1) is 31.9 Å². The molecule has 0 spiro atoms. The molecular formula is C20H19N3O6. The Kier molecular flexibility index (Phi) is 6.76. The lowest BCUT2D eigenvalue weighted by molar-refractivity contribution is -0.384. The average Bonchev–Trinajstić information content (AvgIpc) is 2.72. The summed E-state index contributed by atoms with van der Waals surface area (Å²) in [5.74, 6) is 0.405. The van der Waals surface area contributed by atoms with Gasteiger partial charge in [-0.3, -0.25) is 14.9 Å². The summed E-state index contributed by atoms with van der Waals surface area (Å²) in [6.45, 7) is 1.69. The van der Waals surface area contributed by atoms with E-state index in [1.165, 1.54) is 45.6 Å². The van der Waals surface area contributed by atoms with Crippen LogP contribution in [-0.2, 0) is 4.79 Å². The van der Waals surface area contributed by atoms with Gasteiger partial charge >= 0.3 is 0 Å². The molecule has 1 amide bonds. The lowest BCUT2D eigenvalue weighted by Gasteiger charge is -2.13. The predicted molar refractivity (Wildman–Crippen MR) is 106 cm³/mol. The van der Waals surface area contributed by atoms with Crippen LogP contribution in [0.15, 0.2) is 35.9 Å². The van der Waals surface area contributed by atoms with E-state index in [0.29, 0.717) is 28.4 Å². The average molecular weight is 397 g/mol. The van der Waals surface area contributed by atoms with Gasteiger partial charge in [-0.25, -0.2) is 0 Å². The maximum absolute atomic E-state index is 12.6. The molecule has 0 saturated carbocycles. The van der Waals surface area contributed by atoms with Gasteiger partial charge in [0, 0.05) is 12.1 Å². The molecule has 0 bridgehead atoms. The molecule has 0 aliphatic heterocycles. The van der Waals surface area contributed by atoms with Crippen LogP contribution in [0, 0.1) is 28.4 Å². The molecule has 9 nitrogen and oxygen atoms in total. The van der Waals surface area contributed by atoms with E-state index in [9.17, 15) is 20.2 Å². The van der Waals surface area contributed by atoms with Gasteiger partial charge in [-0.15, -0.1) is 0 Å². The zero-order valence-corrected chi connectivity index (χ0v) is 16.3. The predicted octanol–water partition coefficient (Wildman–Crippen LogP) is 3.47. The third kappa shape index (κ3) is 4.81. The van der Waals surface area contributed by atoms with Crippen molar-refractivity contribution in [2.45, 2.75) is 6.92 Å².